The molecule has 1 heterocycles. The Labute approximate surface area is 94.2 Å². The fraction of sp³-hybridized carbons (Fsp3) is 0.818. The van der Waals surface area contributed by atoms with Crippen molar-refractivity contribution < 1.29 is 19.4 Å². The molecule has 2 aliphatic rings. The van der Waals surface area contributed by atoms with Crippen LogP contribution in [0.3, 0.4) is 0 Å². The summed E-state index contributed by atoms with van der Waals surface area (Å²) in [5.74, 6) is -0.948. The van der Waals surface area contributed by atoms with Gasteiger partial charge in [0.25, 0.3) is 0 Å². The lowest BCUT2D eigenvalue weighted by atomic mass is 9.85. The number of hydrogen-bond acceptors (Lipinski definition) is 3. The van der Waals surface area contributed by atoms with E-state index < -0.39 is 17.3 Å². The van der Waals surface area contributed by atoms with Crippen LogP contribution in [0, 0.1) is 11.3 Å². The molecular weight excluding hydrogens is 210 g/mol. The SMILES string of the molecule is O=C(O)C1(C(=O)NCC2CCCC2)COC1. The number of carbonyl (C=O) groups is 2. The van der Waals surface area contributed by atoms with Gasteiger partial charge in [0.15, 0.2) is 5.41 Å². The van der Waals surface area contributed by atoms with Crippen LogP contribution >= 0.6 is 0 Å². The minimum atomic E-state index is -1.32. The van der Waals surface area contributed by atoms with Crippen molar-refractivity contribution in [3.05, 3.63) is 0 Å². The Balaban J connectivity index is 1.84. The predicted molar refractivity (Wildman–Crippen MR) is 55.9 cm³/mol. The molecule has 0 spiro atoms. The second-order valence-corrected chi connectivity index (χ2v) is 4.74. The van der Waals surface area contributed by atoms with E-state index in [9.17, 15) is 9.59 Å². The number of hydrogen-bond donors (Lipinski definition) is 2. The molecule has 2 fully saturated rings. The highest BCUT2D eigenvalue weighted by Crippen LogP contribution is 2.29. The molecule has 90 valence electrons. The van der Waals surface area contributed by atoms with Crippen LogP contribution < -0.4 is 5.32 Å². The minimum absolute atomic E-state index is 0.00116. The molecule has 1 saturated carbocycles. The molecule has 1 aliphatic heterocycles. The molecule has 0 bridgehead atoms. The second-order valence-electron chi connectivity index (χ2n) is 4.74. The highest BCUT2D eigenvalue weighted by molar-refractivity contribution is 6.03. The summed E-state index contributed by atoms with van der Waals surface area (Å²) in [6.07, 6.45) is 4.70. The summed E-state index contributed by atoms with van der Waals surface area (Å²) in [6, 6.07) is 0. The van der Waals surface area contributed by atoms with Gasteiger partial charge in [-0.05, 0) is 18.8 Å². The zero-order chi connectivity index (χ0) is 11.6. The number of carboxylic acid groups (broad SMARTS) is 1. The van der Waals surface area contributed by atoms with Crippen molar-refractivity contribution >= 4 is 11.9 Å². The lowest BCUT2D eigenvalue weighted by Crippen LogP contribution is -2.59. The highest BCUT2D eigenvalue weighted by atomic mass is 16.5. The van der Waals surface area contributed by atoms with E-state index >= 15 is 0 Å². The Bertz CT molecular complexity index is 292. The van der Waals surface area contributed by atoms with E-state index in [0.717, 1.165) is 12.8 Å². The van der Waals surface area contributed by atoms with Crippen molar-refractivity contribution in [1.29, 1.82) is 0 Å². The van der Waals surface area contributed by atoms with Gasteiger partial charge in [0.1, 0.15) is 0 Å². The third-order valence-electron chi connectivity index (χ3n) is 3.57. The summed E-state index contributed by atoms with van der Waals surface area (Å²) in [5, 5.41) is 11.8. The van der Waals surface area contributed by atoms with Gasteiger partial charge in [-0.2, -0.15) is 0 Å². The molecule has 0 aromatic heterocycles. The van der Waals surface area contributed by atoms with Crippen LogP contribution in [0.25, 0.3) is 0 Å². The van der Waals surface area contributed by atoms with E-state index in [0.29, 0.717) is 12.5 Å². The van der Waals surface area contributed by atoms with Crippen LogP contribution in [0.4, 0.5) is 0 Å². The molecule has 0 radical (unpaired) electrons. The number of rotatable bonds is 4. The fourth-order valence-electron chi connectivity index (χ4n) is 2.28. The molecule has 2 N–H and O–H groups in total. The van der Waals surface area contributed by atoms with Crippen molar-refractivity contribution in [3.63, 3.8) is 0 Å². The largest absolute Gasteiger partial charge is 0.480 e. The van der Waals surface area contributed by atoms with Gasteiger partial charge in [0.05, 0.1) is 13.2 Å². The number of ether oxygens (including phenoxy) is 1. The van der Waals surface area contributed by atoms with Gasteiger partial charge in [-0.25, -0.2) is 0 Å². The molecule has 0 atom stereocenters. The first kappa shape index (κ1) is 11.4. The summed E-state index contributed by atoms with van der Waals surface area (Å²) in [5.41, 5.74) is -1.32. The van der Waals surface area contributed by atoms with Crippen molar-refractivity contribution in [3.8, 4) is 0 Å². The summed E-state index contributed by atoms with van der Waals surface area (Å²) < 4.78 is 4.85. The fourth-order valence-corrected chi connectivity index (χ4v) is 2.28. The van der Waals surface area contributed by atoms with Crippen molar-refractivity contribution in [2.75, 3.05) is 19.8 Å². The van der Waals surface area contributed by atoms with Crippen molar-refractivity contribution in [2.24, 2.45) is 11.3 Å². The summed E-state index contributed by atoms with van der Waals surface area (Å²) in [7, 11) is 0. The third-order valence-corrected chi connectivity index (χ3v) is 3.57. The van der Waals surface area contributed by atoms with E-state index in [1.807, 2.05) is 0 Å². The smallest absolute Gasteiger partial charge is 0.324 e. The zero-order valence-electron chi connectivity index (χ0n) is 9.20. The zero-order valence-corrected chi connectivity index (χ0v) is 9.20. The number of amides is 1. The molecule has 1 amide bonds. The normalized spacial score (nSPS) is 23.8. The van der Waals surface area contributed by atoms with Crippen LogP contribution in [0.1, 0.15) is 25.7 Å². The number of aliphatic carboxylic acids is 1. The maximum absolute atomic E-state index is 11.8. The Morgan fingerprint density at radius 3 is 2.38 bits per heavy atom. The Morgan fingerprint density at radius 1 is 1.31 bits per heavy atom. The average molecular weight is 227 g/mol. The van der Waals surface area contributed by atoms with Gasteiger partial charge >= 0.3 is 5.97 Å². The van der Waals surface area contributed by atoms with Gasteiger partial charge in [-0.3, -0.25) is 9.59 Å². The van der Waals surface area contributed by atoms with E-state index in [-0.39, 0.29) is 13.2 Å². The van der Waals surface area contributed by atoms with Gasteiger partial charge in [-0.15, -0.1) is 0 Å². The first-order valence-electron chi connectivity index (χ1n) is 5.74. The van der Waals surface area contributed by atoms with Gasteiger partial charge < -0.3 is 15.2 Å². The Kier molecular flexibility index (Phi) is 3.14. The van der Waals surface area contributed by atoms with Crippen LogP contribution in [-0.4, -0.2) is 36.7 Å². The van der Waals surface area contributed by atoms with Crippen molar-refractivity contribution in [1.82, 2.24) is 5.32 Å². The molecular formula is C11H17NO4. The van der Waals surface area contributed by atoms with Gasteiger partial charge in [-0.1, -0.05) is 12.8 Å². The topological polar surface area (TPSA) is 75.6 Å². The first-order valence-corrected chi connectivity index (χ1v) is 5.74. The van der Waals surface area contributed by atoms with Gasteiger partial charge in [0, 0.05) is 6.54 Å². The number of nitrogens with one attached hydrogen (secondary N) is 1. The lowest BCUT2D eigenvalue weighted by molar-refractivity contribution is -0.185. The highest BCUT2D eigenvalue weighted by Gasteiger charge is 2.53. The average Bonchev–Trinajstić information content (AvgIpc) is 2.64. The van der Waals surface area contributed by atoms with Crippen molar-refractivity contribution in [2.45, 2.75) is 25.7 Å². The molecule has 0 aromatic rings. The molecule has 5 nitrogen and oxygen atoms in total. The van der Waals surface area contributed by atoms with E-state index in [4.69, 9.17) is 9.84 Å². The number of carbonyl (C=O) groups excluding carboxylic acids is 1. The molecule has 1 aliphatic carbocycles. The quantitative estimate of drug-likeness (QED) is 0.681. The second kappa shape index (κ2) is 4.41. The molecule has 0 unspecified atom stereocenters. The lowest BCUT2D eigenvalue weighted by Gasteiger charge is -2.35. The standard InChI is InChI=1S/C11H17NO4/c13-9(11(10(14)15)6-16-7-11)12-5-8-3-1-2-4-8/h8H,1-7H2,(H,12,13)(H,14,15). The summed E-state index contributed by atoms with van der Waals surface area (Å²) in [4.78, 5) is 22.8. The maximum atomic E-state index is 11.8. The van der Waals surface area contributed by atoms with E-state index in [1.54, 1.807) is 0 Å². The van der Waals surface area contributed by atoms with Crippen LogP contribution in [-0.2, 0) is 14.3 Å². The molecule has 0 aromatic carbocycles. The summed E-state index contributed by atoms with van der Waals surface area (Å²) in [6.45, 7) is 0.603. The molecule has 1 saturated heterocycles. The molecule has 2 rings (SSSR count). The van der Waals surface area contributed by atoms with Gasteiger partial charge in [0.2, 0.25) is 5.91 Å². The predicted octanol–water partition coefficient (Wildman–Crippen LogP) is 0.394. The van der Waals surface area contributed by atoms with Crippen LogP contribution in [0.5, 0.6) is 0 Å². The third kappa shape index (κ3) is 1.91. The monoisotopic (exact) mass is 227 g/mol. The molecule has 5 heteroatoms. The maximum Gasteiger partial charge on any atom is 0.324 e. The van der Waals surface area contributed by atoms with Crippen LogP contribution in [0.15, 0.2) is 0 Å². The Morgan fingerprint density at radius 2 is 1.94 bits per heavy atom. The minimum Gasteiger partial charge on any atom is -0.480 e. The van der Waals surface area contributed by atoms with E-state index in [1.165, 1.54) is 12.8 Å². The number of carboxylic acids is 1. The van der Waals surface area contributed by atoms with Crippen LogP contribution in [0.2, 0.25) is 0 Å². The van der Waals surface area contributed by atoms with E-state index in [2.05, 4.69) is 5.32 Å². The summed E-state index contributed by atoms with van der Waals surface area (Å²) >= 11 is 0. The Hall–Kier alpha value is -1.10. The molecule has 16 heavy (non-hydrogen) atoms. The first-order chi connectivity index (χ1) is 7.65.